The number of hydrogen-bond donors (Lipinski definition) is 1. The number of hydrogen-bond acceptors (Lipinski definition) is 4. The van der Waals surface area contributed by atoms with Crippen LogP contribution in [0.3, 0.4) is 0 Å². The van der Waals surface area contributed by atoms with E-state index in [4.69, 9.17) is 15.2 Å². The van der Waals surface area contributed by atoms with Crippen LogP contribution in [-0.2, 0) is 11.3 Å². The average Bonchev–Trinajstić information content (AvgIpc) is 2.34. The molecule has 0 saturated heterocycles. The average molecular weight is 344 g/mol. The van der Waals surface area contributed by atoms with E-state index in [-0.39, 0.29) is 6.61 Å². The van der Waals surface area contributed by atoms with Crippen molar-refractivity contribution in [3.63, 3.8) is 0 Å². The van der Waals surface area contributed by atoms with E-state index in [0.29, 0.717) is 22.5 Å². The van der Waals surface area contributed by atoms with Crippen molar-refractivity contribution in [1.82, 2.24) is 0 Å². The van der Waals surface area contributed by atoms with Gasteiger partial charge in [-0.25, -0.2) is 0 Å². The van der Waals surface area contributed by atoms with E-state index in [1.54, 1.807) is 12.1 Å². The van der Waals surface area contributed by atoms with Crippen LogP contribution in [0.5, 0.6) is 11.5 Å². The van der Waals surface area contributed by atoms with Crippen LogP contribution in [0.4, 0.5) is 13.2 Å². The van der Waals surface area contributed by atoms with Gasteiger partial charge >= 0.3 is 6.36 Å². The lowest BCUT2D eigenvalue weighted by Gasteiger charge is -2.14. The summed E-state index contributed by atoms with van der Waals surface area (Å²) in [6.45, 7) is -0.541. The van der Waals surface area contributed by atoms with E-state index in [0.717, 1.165) is 5.56 Å². The van der Waals surface area contributed by atoms with Gasteiger partial charge in [-0.3, -0.25) is 4.74 Å². The molecule has 0 unspecified atom stereocenters. The maximum atomic E-state index is 11.8. The van der Waals surface area contributed by atoms with Gasteiger partial charge in [-0.1, -0.05) is 0 Å². The molecule has 0 atom stereocenters. The van der Waals surface area contributed by atoms with Gasteiger partial charge in [0.1, 0.15) is 6.61 Å². The van der Waals surface area contributed by atoms with Crippen LogP contribution in [0.2, 0.25) is 0 Å². The fourth-order valence-corrected chi connectivity index (χ4v) is 1.94. The molecule has 2 N–H and O–H groups in total. The van der Waals surface area contributed by atoms with Crippen molar-refractivity contribution in [3.05, 3.63) is 22.2 Å². The number of benzene rings is 1. The molecule has 0 heterocycles. The van der Waals surface area contributed by atoms with E-state index in [2.05, 4.69) is 20.7 Å². The Balaban J connectivity index is 2.67. The monoisotopic (exact) mass is 343 g/mol. The molecule has 0 amide bonds. The Morgan fingerprint density at radius 1 is 1.26 bits per heavy atom. The molecule has 0 saturated carbocycles. The standard InChI is InChI=1S/C11H13BrF3NO3/c1-17-9-5-7(6-16)4-8(12)10(9)18-2-3-19-11(13,14)15/h4-5H,2-3,6,16H2,1H3. The zero-order chi connectivity index (χ0) is 14.5. The predicted octanol–water partition coefficient (Wildman–Crippen LogP) is 2.83. The molecule has 0 bridgehead atoms. The van der Waals surface area contributed by atoms with Crippen LogP contribution in [0.15, 0.2) is 16.6 Å². The summed E-state index contributed by atoms with van der Waals surface area (Å²) in [5.74, 6) is 0.701. The van der Waals surface area contributed by atoms with E-state index in [9.17, 15) is 13.2 Å². The Kier molecular flexibility index (Phi) is 5.89. The smallest absolute Gasteiger partial charge is 0.493 e. The summed E-state index contributed by atoms with van der Waals surface area (Å²) >= 11 is 3.25. The molecular formula is C11H13BrF3NO3. The molecule has 8 heteroatoms. The molecule has 0 aliphatic heterocycles. The van der Waals surface area contributed by atoms with Crippen molar-refractivity contribution in [2.75, 3.05) is 20.3 Å². The minimum atomic E-state index is -4.66. The van der Waals surface area contributed by atoms with Crippen molar-refractivity contribution in [3.8, 4) is 11.5 Å². The second kappa shape index (κ2) is 6.97. The first-order valence-electron chi connectivity index (χ1n) is 5.27. The Labute approximate surface area is 116 Å². The number of nitrogens with two attached hydrogens (primary N) is 1. The molecular weight excluding hydrogens is 331 g/mol. The molecule has 4 nitrogen and oxygen atoms in total. The zero-order valence-corrected chi connectivity index (χ0v) is 11.7. The number of rotatable bonds is 6. The third-order valence-electron chi connectivity index (χ3n) is 2.12. The molecule has 1 rings (SSSR count). The molecule has 0 aromatic heterocycles. The first kappa shape index (κ1) is 16.1. The number of methoxy groups -OCH3 is 1. The summed E-state index contributed by atoms with van der Waals surface area (Å²) < 4.78 is 49.8. The minimum absolute atomic E-state index is 0.254. The van der Waals surface area contributed by atoms with Crippen molar-refractivity contribution in [1.29, 1.82) is 0 Å². The van der Waals surface area contributed by atoms with Crippen molar-refractivity contribution < 1.29 is 27.4 Å². The lowest BCUT2D eigenvalue weighted by Crippen LogP contribution is -2.18. The molecule has 1 aromatic rings. The van der Waals surface area contributed by atoms with Gasteiger partial charge in [0, 0.05) is 6.54 Å². The molecule has 0 fully saturated rings. The Hall–Kier alpha value is -0.990. The molecule has 108 valence electrons. The Bertz CT molecular complexity index is 426. The van der Waals surface area contributed by atoms with E-state index in [1.807, 2.05) is 0 Å². The summed E-state index contributed by atoms with van der Waals surface area (Å²) in [7, 11) is 1.43. The van der Waals surface area contributed by atoms with Crippen LogP contribution in [-0.4, -0.2) is 26.7 Å². The molecule has 19 heavy (non-hydrogen) atoms. The quantitative estimate of drug-likeness (QED) is 0.807. The van der Waals surface area contributed by atoms with Gasteiger partial charge in [0.05, 0.1) is 18.2 Å². The van der Waals surface area contributed by atoms with Gasteiger partial charge in [-0.15, -0.1) is 13.2 Å². The van der Waals surface area contributed by atoms with E-state index < -0.39 is 13.0 Å². The third-order valence-corrected chi connectivity index (χ3v) is 2.71. The van der Waals surface area contributed by atoms with Gasteiger partial charge in [-0.05, 0) is 33.6 Å². The normalized spacial score (nSPS) is 11.5. The third kappa shape index (κ3) is 5.25. The highest BCUT2D eigenvalue weighted by Gasteiger charge is 2.28. The molecule has 0 radical (unpaired) electrons. The van der Waals surface area contributed by atoms with Gasteiger partial charge in [0.15, 0.2) is 11.5 Å². The predicted molar refractivity (Wildman–Crippen MR) is 66.1 cm³/mol. The summed E-state index contributed by atoms with van der Waals surface area (Å²) in [4.78, 5) is 0. The van der Waals surface area contributed by atoms with Crippen LogP contribution in [0.25, 0.3) is 0 Å². The molecule has 1 aromatic carbocycles. The van der Waals surface area contributed by atoms with Crippen LogP contribution in [0.1, 0.15) is 5.56 Å². The molecule has 0 aliphatic rings. The van der Waals surface area contributed by atoms with Crippen LogP contribution in [0, 0.1) is 0 Å². The summed E-state index contributed by atoms with van der Waals surface area (Å²) in [5, 5.41) is 0. The highest BCUT2D eigenvalue weighted by atomic mass is 79.9. The van der Waals surface area contributed by atoms with Crippen molar-refractivity contribution >= 4 is 15.9 Å². The topological polar surface area (TPSA) is 53.7 Å². The van der Waals surface area contributed by atoms with E-state index in [1.165, 1.54) is 7.11 Å². The number of halogens is 4. The lowest BCUT2D eigenvalue weighted by atomic mass is 10.2. The summed E-state index contributed by atoms with van der Waals surface area (Å²) in [6, 6.07) is 3.37. The van der Waals surface area contributed by atoms with Crippen LogP contribution >= 0.6 is 15.9 Å². The largest absolute Gasteiger partial charge is 0.522 e. The lowest BCUT2D eigenvalue weighted by molar-refractivity contribution is -0.325. The van der Waals surface area contributed by atoms with Crippen molar-refractivity contribution in [2.45, 2.75) is 12.9 Å². The summed E-state index contributed by atoms with van der Waals surface area (Å²) in [5.41, 5.74) is 6.31. The first-order chi connectivity index (χ1) is 8.87. The second-order valence-corrected chi connectivity index (χ2v) is 4.31. The maximum absolute atomic E-state index is 11.8. The highest BCUT2D eigenvalue weighted by Crippen LogP contribution is 2.36. The van der Waals surface area contributed by atoms with Crippen molar-refractivity contribution in [2.24, 2.45) is 5.73 Å². The number of alkyl halides is 3. The van der Waals surface area contributed by atoms with Gasteiger partial charge in [-0.2, -0.15) is 0 Å². The first-order valence-corrected chi connectivity index (χ1v) is 6.06. The van der Waals surface area contributed by atoms with Gasteiger partial charge < -0.3 is 15.2 Å². The van der Waals surface area contributed by atoms with Gasteiger partial charge in [0.25, 0.3) is 0 Å². The molecule has 0 spiro atoms. The highest BCUT2D eigenvalue weighted by molar-refractivity contribution is 9.10. The van der Waals surface area contributed by atoms with Gasteiger partial charge in [0.2, 0.25) is 0 Å². The zero-order valence-electron chi connectivity index (χ0n) is 10.1. The number of ether oxygens (including phenoxy) is 3. The fraction of sp³-hybridized carbons (Fsp3) is 0.455. The molecule has 0 aliphatic carbocycles. The Morgan fingerprint density at radius 2 is 1.95 bits per heavy atom. The summed E-state index contributed by atoms with van der Waals surface area (Å²) in [6.07, 6.45) is -4.66. The van der Waals surface area contributed by atoms with E-state index >= 15 is 0 Å². The Morgan fingerprint density at radius 3 is 2.47 bits per heavy atom. The minimum Gasteiger partial charge on any atom is -0.493 e. The van der Waals surface area contributed by atoms with Crippen LogP contribution < -0.4 is 15.2 Å². The maximum Gasteiger partial charge on any atom is 0.522 e. The second-order valence-electron chi connectivity index (χ2n) is 3.46. The SMILES string of the molecule is COc1cc(CN)cc(Br)c1OCCOC(F)(F)F. The fourth-order valence-electron chi connectivity index (χ4n) is 1.33.